The van der Waals surface area contributed by atoms with Crippen LogP contribution in [0.4, 0.5) is 0 Å². The third-order valence-corrected chi connectivity index (χ3v) is 9.38. The Labute approximate surface area is 350 Å². The largest absolute Gasteiger partial charge is 0.508 e. The summed E-state index contributed by atoms with van der Waals surface area (Å²) in [6, 6.07) is -1.24. The fraction of sp³-hybridized carbons (Fsp3) is 0.615. The highest BCUT2D eigenvalue weighted by atomic mass is 16.3. The number of primary amides is 2. The predicted molar refractivity (Wildman–Crippen MR) is 221 cm³/mol. The van der Waals surface area contributed by atoms with Crippen molar-refractivity contribution < 1.29 is 48.3 Å². The fourth-order valence-corrected chi connectivity index (χ4v) is 5.87. The van der Waals surface area contributed by atoms with Crippen LogP contribution in [-0.4, -0.2) is 133 Å². The molecular weight excluding hydrogens is 782 g/mol. The van der Waals surface area contributed by atoms with Crippen molar-refractivity contribution in [3.05, 3.63) is 29.8 Å². The Hall–Kier alpha value is -5.83. The number of carbonyl (C=O) groups excluding carboxylic acids is 9. The molecule has 0 radical (unpaired) electrons. The molecule has 14 N–H and O–H groups in total. The zero-order chi connectivity index (χ0) is 45.9. The van der Waals surface area contributed by atoms with E-state index in [0.29, 0.717) is 12.0 Å². The summed E-state index contributed by atoms with van der Waals surface area (Å²) in [5.74, 6) is -7.96. The van der Waals surface area contributed by atoms with Gasteiger partial charge >= 0.3 is 0 Å². The molecule has 0 saturated carbocycles. The topological polar surface area (TPSA) is 339 Å². The Morgan fingerprint density at radius 3 is 1.80 bits per heavy atom. The van der Waals surface area contributed by atoms with Crippen molar-refractivity contribution in [2.24, 2.45) is 35.0 Å². The van der Waals surface area contributed by atoms with Crippen molar-refractivity contribution in [1.29, 1.82) is 0 Å². The second kappa shape index (κ2) is 25.6. The first-order valence-electron chi connectivity index (χ1n) is 19.8. The number of likely N-dealkylation sites (N-methyl/N-ethyl adjacent to an activating group) is 2. The van der Waals surface area contributed by atoms with Crippen molar-refractivity contribution >= 4 is 53.2 Å². The van der Waals surface area contributed by atoms with Gasteiger partial charge in [0.2, 0.25) is 53.2 Å². The number of carbonyl (C=O) groups is 9. The van der Waals surface area contributed by atoms with Crippen LogP contribution in [0.3, 0.4) is 0 Å². The molecule has 9 amide bonds. The van der Waals surface area contributed by atoms with Crippen molar-refractivity contribution in [1.82, 2.24) is 42.1 Å². The Bertz CT molecular complexity index is 1660. The Morgan fingerprint density at radius 1 is 0.717 bits per heavy atom. The van der Waals surface area contributed by atoms with E-state index in [1.54, 1.807) is 32.9 Å². The third kappa shape index (κ3) is 18.4. The first-order valence-corrected chi connectivity index (χ1v) is 19.8. The SMILES string of the molecule is CC[C@H](C)[C@H](NC(=O)[C@@H](N)Cc1ccc(O)cc1)C(=O)N[C@H](C(=O)N[C@@H](CC(N)=O)C(=O)N[C@@H](CNC)C(=O)N(C)CC(=O)N[C@@H](CC(C)C)C(=O)NCC(N)=O)C(C)C. The van der Waals surface area contributed by atoms with Gasteiger partial charge in [-0.25, -0.2) is 0 Å². The first-order chi connectivity index (χ1) is 28.0. The van der Waals surface area contributed by atoms with Gasteiger partial charge in [0.05, 0.1) is 25.6 Å². The summed E-state index contributed by atoms with van der Waals surface area (Å²) in [6.07, 6.45) is 0.112. The number of amides is 9. The summed E-state index contributed by atoms with van der Waals surface area (Å²) < 4.78 is 0. The van der Waals surface area contributed by atoms with Crippen LogP contribution in [0.15, 0.2) is 24.3 Å². The molecule has 0 aliphatic heterocycles. The smallest absolute Gasteiger partial charge is 0.246 e. The highest BCUT2D eigenvalue weighted by molar-refractivity contribution is 5.98. The first kappa shape index (κ1) is 52.2. The summed E-state index contributed by atoms with van der Waals surface area (Å²) in [4.78, 5) is 117. The molecule has 0 saturated heterocycles. The molecule has 7 atom stereocenters. The number of rotatable bonds is 26. The normalized spacial score (nSPS) is 14.6. The molecule has 21 heteroatoms. The molecule has 0 spiro atoms. The summed E-state index contributed by atoms with van der Waals surface area (Å²) >= 11 is 0. The molecule has 0 bridgehead atoms. The zero-order valence-corrected chi connectivity index (χ0v) is 35.8. The summed E-state index contributed by atoms with van der Waals surface area (Å²) in [5.41, 5.74) is 17.4. The fourth-order valence-electron chi connectivity index (χ4n) is 5.87. The Balaban J connectivity index is 3.14. The molecule has 0 unspecified atom stereocenters. The number of nitrogens with two attached hydrogens (primary N) is 3. The van der Waals surface area contributed by atoms with Crippen molar-refractivity contribution in [2.45, 2.75) is 103 Å². The van der Waals surface area contributed by atoms with E-state index in [-0.39, 0.29) is 31.1 Å². The van der Waals surface area contributed by atoms with Gasteiger partial charge < -0.3 is 64.4 Å². The Morgan fingerprint density at radius 2 is 1.28 bits per heavy atom. The number of aromatic hydroxyl groups is 1. The number of nitrogens with one attached hydrogen (secondary N) is 7. The summed E-state index contributed by atoms with van der Waals surface area (Å²) in [7, 11) is 2.79. The van der Waals surface area contributed by atoms with E-state index < -0.39 is 121 Å². The van der Waals surface area contributed by atoms with Gasteiger partial charge in [-0.15, -0.1) is 0 Å². The molecular formula is C39H65N11O10. The van der Waals surface area contributed by atoms with Crippen LogP contribution in [-0.2, 0) is 49.6 Å². The molecule has 1 aromatic carbocycles. The van der Waals surface area contributed by atoms with Crippen molar-refractivity contribution in [3.63, 3.8) is 0 Å². The molecule has 1 rings (SSSR count). The van der Waals surface area contributed by atoms with Crippen LogP contribution in [0.1, 0.15) is 66.4 Å². The average molecular weight is 848 g/mol. The van der Waals surface area contributed by atoms with E-state index in [9.17, 15) is 48.3 Å². The molecule has 1 aromatic rings. The van der Waals surface area contributed by atoms with E-state index in [0.717, 1.165) is 4.90 Å². The van der Waals surface area contributed by atoms with Gasteiger partial charge in [0.15, 0.2) is 0 Å². The number of phenols is 1. The molecule has 0 fully saturated rings. The minimum atomic E-state index is -1.60. The van der Waals surface area contributed by atoms with Gasteiger partial charge in [-0.1, -0.05) is 60.1 Å². The highest BCUT2D eigenvalue weighted by Crippen LogP contribution is 2.14. The number of nitrogens with zero attached hydrogens (tertiary/aromatic N) is 1. The lowest BCUT2D eigenvalue weighted by Crippen LogP contribution is -2.62. The molecule has 60 heavy (non-hydrogen) atoms. The molecule has 0 aliphatic carbocycles. The maximum Gasteiger partial charge on any atom is 0.246 e. The lowest BCUT2D eigenvalue weighted by molar-refractivity contribution is -0.140. The lowest BCUT2D eigenvalue weighted by atomic mass is 9.95. The van der Waals surface area contributed by atoms with Crippen LogP contribution in [0.25, 0.3) is 0 Å². The Kier molecular flexibility index (Phi) is 22.3. The van der Waals surface area contributed by atoms with Gasteiger partial charge in [-0.2, -0.15) is 0 Å². The minimum absolute atomic E-state index is 0.0343. The number of hydrogen-bond acceptors (Lipinski definition) is 12. The second-order valence-corrected chi connectivity index (χ2v) is 15.6. The van der Waals surface area contributed by atoms with Crippen LogP contribution < -0.4 is 54.4 Å². The van der Waals surface area contributed by atoms with Gasteiger partial charge in [0.1, 0.15) is 36.0 Å². The van der Waals surface area contributed by atoms with Crippen LogP contribution in [0.5, 0.6) is 5.75 Å². The summed E-state index contributed by atoms with van der Waals surface area (Å²) in [6.45, 7) is 9.32. The van der Waals surface area contributed by atoms with Gasteiger partial charge in [0.25, 0.3) is 0 Å². The molecule has 0 aromatic heterocycles. The van der Waals surface area contributed by atoms with E-state index >= 15 is 0 Å². The highest BCUT2D eigenvalue weighted by Gasteiger charge is 2.35. The van der Waals surface area contributed by atoms with Crippen molar-refractivity contribution in [3.8, 4) is 5.75 Å². The lowest BCUT2D eigenvalue weighted by Gasteiger charge is -2.30. The second-order valence-electron chi connectivity index (χ2n) is 15.6. The maximum atomic E-state index is 13.7. The van der Waals surface area contributed by atoms with Crippen LogP contribution in [0, 0.1) is 17.8 Å². The summed E-state index contributed by atoms with van der Waals surface area (Å²) in [5, 5.41) is 27.5. The van der Waals surface area contributed by atoms with E-state index in [2.05, 4.69) is 37.2 Å². The quantitative estimate of drug-likeness (QED) is 0.0435. The van der Waals surface area contributed by atoms with E-state index in [1.165, 1.54) is 26.2 Å². The zero-order valence-electron chi connectivity index (χ0n) is 35.8. The maximum absolute atomic E-state index is 13.7. The average Bonchev–Trinajstić information content (AvgIpc) is 3.16. The molecule has 0 aliphatic rings. The molecule has 336 valence electrons. The van der Waals surface area contributed by atoms with Crippen LogP contribution in [0.2, 0.25) is 0 Å². The standard InChI is InChI=1S/C39H65N11O10/c1-9-22(6)33(49-34(55)25(40)15-23-10-12-24(51)13-11-23)38(59)48-32(21(4)5)37(58)46-27(16-29(41)52)36(57)47-28(17-43-7)39(60)50(8)19-31(54)45-26(14-20(2)3)35(56)44-18-30(42)53/h10-13,20-22,25-28,32-33,43,51H,9,14-19,40H2,1-8H3,(H2,41,52)(H2,42,53)(H,44,56)(H,45,54)(H,46,58)(H,47,57)(H,48,59)(H,49,55)/t22-,25-,26-,27-,28-,32-,33-/m0/s1. The monoisotopic (exact) mass is 847 g/mol. The van der Waals surface area contributed by atoms with Gasteiger partial charge in [-0.3, -0.25) is 43.2 Å². The van der Waals surface area contributed by atoms with E-state index in [1.807, 2.05) is 20.8 Å². The van der Waals surface area contributed by atoms with E-state index in [4.69, 9.17) is 17.2 Å². The van der Waals surface area contributed by atoms with Crippen molar-refractivity contribution in [2.75, 3.05) is 33.7 Å². The number of phenolic OH excluding ortho intramolecular Hbond substituents is 1. The molecule has 0 heterocycles. The van der Waals surface area contributed by atoms with Crippen LogP contribution >= 0.6 is 0 Å². The third-order valence-electron chi connectivity index (χ3n) is 9.38. The number of benzene rings is 1. The minimum Gasteiger partial charge on any atom is -0.508 e. The predicted octanol–water partition coefficient (Wildman–Crippen LogP) is -3.41. The number of hydrogen-bond donors (Lipinski definition) is 11. The molecule has 21 nitrogen and oxygen atoms in total. The van der Waals surface area contributed by atoms with Gasteiger partial charge in [-0.05, 0) is 55.3 Å². The van der Waals surface area contributed by atoms with Gasteiger partial charge in [0, 0.05) is 13.6 Å².